The highest BCUT2D eigenvalue weighted by Crippen LogP contribution is 2.18. The summed E-state index contributed by atoms with van der Waals surface area (Å²) in [4.78, 5) is 9.70. The van der Waals surface area contributed by atoms with Crippen molar-refractivity contribution in [2.75, 3.05) is 46.4 Å². The summed E-state index contributed by atoms with van der Waals surface area (Å²) in [5.41, 5.74) is 2.42. The van der Waals surface area contributed by atoms with Gasteiger partial charge in [-0.15, -0.1) is 0 Å². The van der Waals surface area contributed by atoms with Crippen molar-refractivity contribution < 1.29 is 4.74 Å². The van der Waals surface area contributed by atoms with Crippen LogP contribution in [0.5, 0.6) is 0 Å². The van der Waals surface area contributed by atoms with Crippen LogP contribution < -0.4 is 5.32 Å². The van der Waals surface area contributed by atoms with E-state index in [9.17, 15) is 0 Å². The van der Waals surface area contributed by atoms with E-state index >= 15 is 0 Å². The minimum atomic E-state index is 0.706. The zero-order valence-electron chi connectivity index (χ0n) is 12.9. The summed E-state index contributed by atoms with van der Waals surface area (Å²) in [6.45, 7) is 8.18. The molecule has 0 spiro atoms. The van der Waals surface area contributed by atoms with Crippen molar-refractivity contribution in [1.82, 2.24) is 20.1 Å². The first-order chi connectivity index (χ1) is 10.3. The van der Waals surface area contributed by atoms with E-state index in [2.05, 4.69) is 32.2 Å². The largest absolute Gasteiger partial charge is 0.379 e. The molecule has 1 atom stereocenters. The van der Waals surface area contributed by atoms with Crippen LogP contribution in [0.2, 0.25) is 0 Å². The third-order valence-corrected chi connectivity index (χ3v) is 4.46. The van der Waals surface area contributed by atoms with E-state index in [1.54, 1.807) is 0 Å². The predicted molar refractivity (Wildman–Crippen MR) is 83.1 cm³/mol. The molecule has 0 aliphatic carbocycles. The van der Waals surface area contributed by atoms with Gasteiger partial charge in [-0.25, -0.2) is 0 Å². The summed E-state index contributed by atoms with van der Waals surface area (Å²) in [5, 5.41) is 3.15. The fraction of sp³-hybridized carbons (Fsp3) is 0.688. The van der Waals surface area contributed by atoms with Gasteiger partial charge in [0.2, 0.25) is 0 Å². The number of nitrogens with zero attached hydrogens (tertiary/aromatic N) is 3. The monoisotopic (exact) mass is 290 g/mol. The molecule has 0 saturated carbocycles. The Hall–Kier alpha value is -1.01. The summed E-state index contributed by atoms with van der Waals surface area (Å²) in [6.07, 6.45) is 3.26. The Morgan fingerprint density at radius 2 is 2.14 bits per heavy atom. The van der Waals surface area contributed by atoms with Crippen LogP contribution in [0.25, 0.3) is 0 Å². The molecule has 1 unspecified atom stereocenters. The molecule has 3 heterocycles. The maximum absolute atomic E-state index is 5.44. The zero-order valence-corrected chi connectivity index (χ0v) is 12.9. The number of aromatic nitrogens is 1. The van der Waals surface area contributed by atoms with E-state index < -0.39 is 0 Å². The van der Waals surface area contributed by atoms with Gasteiger partial charge in [-0.1, -0.05) is 6.07 Å². The Morgan fingerprint density at radius 1 is 1.29 bits per heavy atom. The Bertz CT molecular complexity index is 430. The smallest absolute Gasteiger partial charge is 0.0594 e. The molecule has 1 aromatic heterocycles. The normalized spacial score (nSPS) is 24.5. The first-order valence-corrected chi connectivity index (χ1v) is 7.98. The lowest BCUT2D eigenvalue weighted by Crippen LogP contribution is -2.44. The molecular formula is C16H26N4O. The highest BCUT2D eigenvalue weighted by molar-refractivity contribution is 5.14. The first-order valence-electron chi connectivity index (χ1n) is 7.98. The maximum atomic E-state index is 5.44. The van der Waals surface area contributed by atoms with Crippen LogP contribution in [0.1, 0.15) is 17.7 Å². The molecule has 3 rings (SSSR count). The summed E-state index contributed by atoms with van der Waals surface area (Å²) >= 11 is 0. The Kier molecular flexibility index (Phi) is 5.19. The second kappa shape index (κ2) is 7.31. The van der Waals surface area contributed by atoms with Gasteiger partial charge in [0.1, 0.15) is 0 Å². The van der Waals surface area contributed by atoms with Gasteiger partial charge in [-0.05, 0) is 25.1 Å². The first kappa shape index (κ1) is 14.9. The van der Waals surface area contributed by atoms with Crippen LogP contribution in [0.4, 0.5) is 0 Å². The Labute approximate surface area is 127 Å². The molecule has 116 valence electrons. The van der Waals surface area contributed by atoms with Crippen molar-refractivity contribution in [3.05, 3.63) is 29.6 Å². The van der Waals surface area contributed by atoms with Crippen molar-refractivity contribution in [2.24, 2.45) is 0 Å². The van der Waals surface area contributed by atoms with Crippen LogP contribution in [-0.4, -0.2) is 67.3 Å². The molecule has 0 aromatic carbocycles. The molecule has 1 N–H and O–H groups in total. The molecule has 2 aliphatic heterocycles. The second-order valence-electron chi connectivity index (χ2n) is 6.01. The third-order valence-electron chi connectivity index (χ3n) is 4.46. The van der Waals surface area contributed by atoms with E-state index in [4.69, 9.17) is 4.74 Å². The molecule has 0 bridgehead atoms. The molecular weight excluding hydrogens is 264 g/mol. The van der Waals surface area contributed by atoms with Gasteiger partial charge in [0.25, 0.3) is 0 Å². The van der Waals surface area contributed by atoms with Gasteiger partial charge >= 0.3 is 0 Å². The lowest BCUT2D eigenvalue weighted by Gasteiger charge is -2.32. The van der Waals surface area contributed by atoms with Gasteiger partial charge in [-0.2, -0.15) is 0 Å². The minimum absolute atomic E-state index is 0.706. The number of nitrogens with one attached hydrogen (secondary N) is 1. The maximum Gasteiger partial charge on any atom is 0.0594 e. The number of hydrogen-bond acceptors (Lipinski definition) is 5. The lowest BCUT2D eigenvalue weighted by molar-refractivity contribution is 0.0183. The van der Waals surface area contributed by atoms with Crippen LogP contribution >= 0.6 is 0 Å². The predicted octanol–water partition coefficient (Wildman–Crippen LogP) is 0.708. The van der Waals surface area contributed by atoms with Gasteiger partial charge in [-0.3, -0.25) is 14.8 Å². The highest BCUT2D eigenvalue weighted by Gasteiger charge is 2.28. The SMILES string of the molecule is CNCc1ccc(CN2CCC(N3CCOCC3)C2)nc1. The second-order valence-corrected chi connectivity index (χ2v) is 6.01. The van der Waals surface area contributed by atoms with Gasteiger partial charge in [0, 0.05) is 51.5 Å². The average molecular weight is 290 g/mol. The number of pyridine rings is 1. The Balaban J connectivity index is 1.49. The van der Waals surface area contributed by atoms with E-state index in [1.807, 2.05) is 13.2 Å². The van der Waals surface area contributed by atoms with Gasteiger partial charge in [0.15, 0.2) is 0 Å². The van der Waals surface area contributed by atoms with Crippen molar-refractivity contribution in [2.45, 2.75) is 25.6 Å². The lowest BCUT2D eigenvalue weighted by atomic mass is 10.2. The molecule has 1 aromatic rings. The molecule has 5 heteroatoms. The van der Waals surface area contributed by atoms with Gasteiger partial charge in [0.05, 0.1) is 18.9 Å². The molecule has 2 fully saturated rings. The van der Waals surface area contributed by atoms with Crippen molar-refractivity contribution in [3.8, 4) is 0 Å². The highest BCUT2D eigenvalue weighted by atomic mass is 16.5. The van der Waals surface area contributed by atoms with E-state index in [0.29, 0.717) is 6.04 Å². The topological polar surface area (TPSA) is 40.6 Å². The van der Waals surface area contributed by atoms with Crippen molar-refractivity contribution >= 4 is 0 Å². The third kappa shape index (κ3) is 4.01. The fourth-order valence-corrected chi connectivity index (χ4v) is 3.28. The average Bonchev–Trinajstić information content (AvgIpc) is 2.99. The van der Waals surface area contributed by atoms with Crippen LogP contribution in [0, 0.1) is 0 Å². The summed E-state index contributed by atoms with van der Waals surface area (Å²) in [5.74, 6) is 0. The van der Waals surface area contributed by atoms with E-state index in [1.165, 1.54) is 30.8 Å². The summed E-state index contributed by atoms with van der Waals surface area (Å²) in [6, 6.07) is 5.04. The number of rotatable bonds is 5. The molecule has 2 saturated heterocycles. The van der Waals surface area contributed by atoms with E-state index in [-0.39, 0.29) is 0 Å². The quantitative estimate of drug-likeness (QED) is 0.865. The molecule has 2 aliphatic rings. The number of ether oxygens (including phenoxy) is 1. The van der Waals surface area contributed by atoms with E-state index in [0.717, 1.165) is 39.4 Å². The van der Waals surface area contributed by atoms with Crippen LogP contribution in [-0.2, 0) is 17.8 Å². The number of likely N-dealkylation sites (tertiary alicyclic amines) is 1. The van der Waals surface area contributed by atoms with Crippen LogP contribution in [0.3, 0.4) is 0 Å². The standard InChI is InChI=1S/C16H26N4O/c1-17-10-14-2-3-15(18-11-14)12-19-5-4-16(13-19)20-6-8-21-9-7-20/h2-3,11,16-17H,4-10,12-13H2,1H3. The van der Waals surface area contributed by atoms with Crippen molar-refractivity contribution in [3.63, 3.8) is 0 Å². The molecule has 21 heavy (non-hydrogen) atoms. The summed E-state index contributed by atoms with van der Waals surface area (Å²) in [7, 11) is 1.96. The van der Waals surface area contributed by atoms with Crippen molar-refractivity contribution in [1.29, 1.82) is 0 Å². The summed E-state index contributed by atoms with van der Waals surface area (Å²) < 4.78 is 5.44. The fourth-order valence-electron chi connectivity index (χ4n) is 3.28. The van der Waals surface area contributed by atoms with Gasteiger partial charge < -0.3 is 10.1 Å². The van der Waals surface area contributed by atoms with Crippen LogP contribution in [0.15, 0.2) is 18.3 Å². The number of hydrogen-bond donors (Lipinski definition) is 1. The molecule has 0 amide bonds. The molecule has 5 nitrogen and oxygen atoms in total. The number of morpholine rings is 1. The zero-order chi connectivity index (χ0) is 14.5. The Morgan fingerprint density at radius 3 is 2.86 bits per heavy atom. The minimum Gasteiger partial charge on any atom is -0.379 e. The molecule has 0 radical (unpaired) electrons.